The minimum atomic E-state index is -5.21. The summed E-state index contributed by atoms with van der Waals surface area (Å²) in [6, 6.07) is 22.8. The quantitative estimate of drug-likeness (QED) is 0.0134. The van der Waals surface area contributed by atoms with Gasteiger partial charge in [-0.05, 0) is 87.6 Å². The highest BCUT2D eigenvalue weighted by Crippen LogP contribution is 2.53. The van der Waals surface area contributed by atoms with E-state index in [1.807, 2.05) is 0 Å². The van der Waals surface area contributed by atoms with E-state index in [4.69, 9.17) is 46.7 Å². The lowest BCUT2D eigenvalue weighted by Gasteiger charge is -2.50. The molecule has 1 aliphatic heterocycles. The second kappa shape index (κ2) is 68.0. The zero-order valence-electron chi connectivity index (χ0n) is 74.8. The number of nitrogens with one attached hydrogen (secondary N) is 2. The fraction of sp³-hybridized carbons (Fsp3) is 0.742. The Morgan fingerprint density at radius 1 is 0.425 bits per heavy atom. The van der Waals surface area contributed by atoms with Crippen LogP contribution < -0.4 is 19.7 Å². The summed E-state index contributed by atoms with van der Waals surface area (Å²) in [5.41, 5.74) is -2.66. The predicted molar refractivity (Wildman–Crippen MR) is 472 cm³/mol. The molecule has 0 aromatic heterocycles. The van der Waals surface area contributed by atoms with Crippen molar-refractivity contribution in [3.8, 4) is 11.5 Å². The normalized spacial score (nSPS) is 16.9. The molecule has 1 heterocycles. The number of benzene rings is 3. The fourth-order valence-corrected chi connectivity index (χ4v) is 16.5. The molecular weight excluding hydrogens is 1540 g/mol. The van der Waals surface area contributed by atoms with Crippen molar-refractivity contribution in [3.05, 3.63) is 96.6 Å². The number of hydrogen-bond acceptors (Lipinski definition) is 20. The zero-order valence-corrected chi connectivity index (χ0v) is 75.7. The molecule has 1 saturated heterocycles. The smallest absolute Gasteiger partial charge is 0.462 e. The van der Waals surface area contributed by atoms with Gasteiger partial charge in [0.1, 0.15) is 48.6 Å². The SMILES string of the molecule is CCCCCCCCCCC[C@H](CC(=O)N[C@@H](CO[C@@H]1O[C@H](CO)[C@@H](OP(=O)(Oc2ccccc2)Oc2ccccc2)[C@H](OC(=O)C[C@@H](CCCCCCCCCCC)OC(=O)CCCCCCCC)[C@]1(O)NC(=O)C[C@@H](CCCCCCCCCCC)OC(=O)CCCCCCCC)C(=O)OCc1ccccc1)OC(=O)CCCCCCCC. The molecule has 0 saturated carbocycles. The minimum Gasteiger partial charge on any atom is -0.462 e. The predicted octanol–water partition coefficient (Wildman–Crippen LogP) is 23.2. The van der Waals surface area contributed by atoms with Crippen LogP contribution in [-0.2, 0) is 82.4 Å². The maximum atomic E-state index is 15.9. The Morgan fingerprint density at radius 3 is 1.12 bits per heavy atom. The highest BCUT2D eigenvalue weighted by Gasteiger charge is 2.62. The average molecular weight is 1700 g/mol. The first-order valence-corrected chi connectivity index (χ1v) is 48.8. The van der Waals surface area contributed by atoms with Gasteiger partial charge in [0, 0.05) is 19.3 Å². The molecule has 3 aromatic carbocycles. The molecule has 23 heteroatoms. The Hall–Kier alpha value is -6.42. The molecule has 22 nitrogen and oxygen atoms in total. The topological polar surface area (TPSA) is 293 Å². The number of esters is 5. The zero-order chi connectivity index (χ0) is 86.8. The summed E-state index contributed by atoms with van der Waals surface area (Å²) >= 11 is 0. The number of carbonyl (C=O) groups excluding carboxylic acids is 7. The van der Waals surface area contributed by atoms with Crippen molar-refractivity contribution in [3.63, 3.8) is 0 Å². The third-order valence-corrected chi connectivity index (χ3v) is 23.5. The maximum absolute atomic E-state index is 15.9. The van der Waals surface area contributed by atoms with Crippen LogP contribution in [0.25, 0.3) is 0 Å². The lowest BCUT2D eigenvalue weighted by molar-refractivity contribution is -0.347. The van der Waals surface area contributed by atoms with Crippen molar-refractivity contribution in [1.82, 2.24) is 10.6 Å². The summed E-state index contributed by atoms with van der Waals surface area (Å²) in [4.78, 5) is 102. The van der Waals surface area contributed by atoms with Crippen molar-refractivity contribution in [2.24, 2.45) is 0 Å². The molecule has 0 bridgehead atoms. The van der Waals surface area contributed by atoms with Gasteiger partial charge in [-0.1, -0.05) is 359 Å². The van der Waals surface area contributed by atoms with Gasteiger partial charge in [-0.3, -0.25) is 33.3 Å². The van der Waals surface area contributed by atoms with Crippen LogP contribution in [0.5, 0.6) is 11.5 Å². The highest BCUT2D eigenvalue weighted by atomic mass is 31.2. The molecule has 120 heavy (non-hydrogen) atoms. The molecular formula is C97H159N2O20P. The first kappa shape index (κ1) is 106. The Balaban J connectivity index is 1.95. The van der Waals surface area contributed by atoms with E-state index in [0.29, 0.717) is 50.5 Å². The number of phosphoric acid groups is 1. The number of aliphatic hydroxyl groups is 2. The van der Waals surface area contributed by atoms with E-state index in [2.05, 4.69) is 52.2 Å². The van der Waals surface area contributed by atoms with E-state index in [0.717, 1.165) is 225 Å². The summed E-state index contributed by atoms with van der Waals surface area (Å²) in [6.07, 6.45) is 31.8. The maximum Gasteiger partial charge on any atom is 0.588 e. The largest absolute Gasteiger partial charge is 0.588 e. The Labute approximate surface area is 722 Å². The van der Waals surface area contributed by atoms with Crippen molar-refractivity contribution < 1.29 is 95.1 Å². The molecule has 0 radical (unpaired) electrons. The molecule has 0 spiro atoms. The fourth-order valence-electron chi connectivity index (χ4n) is 15.1. The van der Waals surface area contributed by atoms with Gasteiger partial charge in [-0.25, -0.2) is 9.36 Å². The van der Waals surface area contributed by atoms with Gasteiger partial charge in [-0.2, -0.15) is 0 Å². The number of unbranched alkanes of at least 4 members (excludes halogenated alkanes) is 39. The first-order valence-electron chi connectivity index (χ1n) is 47.4. The molecule has 4 rings (SSSR count). The van der Waals surface area contributed by atoms with Gasteiger partial charge in [0.25, 0.3) is 0 Å². The van der Waals surface area contributed by atoms with Gasteiger partial charge in [-0.15, -0.1) is 0 Å². The molecule has 1 fully saturated rings. The van der Waals surface area contributed by atoms with E-state index < -0.39 is 130 Å². The van der Waals surface area contributed by atoms with Crippen molar-refractivity contribution >= 4 is 49.5 Å². The number of phosphoric ester groups is 1. The number of ether oxygens (including phenoxy) is 7. The molecule has 1 aliphatic rings. The van der Waals surface area contributed by atoms with E-state index in [1.54, 1.807) is 66.7 Å². The van der Waals surface area contributed by atoms with Gasteiger partial charge in [0.2, 0.25) is 23.8 Å². The molecule has 9 atom stereocenters. The number of hydrogen-bond donors (Lipinski definition) is 4. The lowest BCUT2D eigenvalue weighted by atomic mass is 9.92. The second-order valence-electron chi connectivity index (χ2n) is 33.2. The number of amides is 2. The van der Waals surface area contributed by atoms with E-state index in [1.165, 1.54) is 49.9 Å². The van der Waals surface area contributed by atoms with Gasteiger partial charge in [0.05, 0.1) is 32.5 Å². The molecule has 0 unspecified atom stereocenters. The summed E-state index contributed by atoms with van der Waals surface area (Å²) in [6.45, 7) is 10.7. The van der Waals surface area contributed by atoms with Gasteiger partial charge >= 0.3 is 37.7 Å². The van der Waals surface area contributed by atoms with E-state index in [-0.39, 0.29) is 56.6 Å². The van der Waals surface area contributed by atoms with Crippen LogP contribution in [0.3, 0.4) is 0 Å². The van der Waals surface area contributed by atoms with Crippen LogP contribution in [0.4, 0.5) is 0 Å². The van der Waals surface area contributed by atoms with Crippen LogP contribution in [0, 0.1) is 0 Å². The Morgan fingerprint density at radius 2 is 0.758 bits per heavy atom. The number of aliphatic hydroxyl groups excluding tert-OH is 1. The van der Waals surface area contributed by atoms with Crippen LogP contribution in [0.2, 0.25) is 0 Å². The lowest BCUT2D eigenvalue weighted by Crippen LogP contribution is -2.75. The third-order valence-electron chi connectivity index (χ3n) is 22.2. The highest BCUT2D eigenvalue weighted by molar-refractivity contribution is 7.49. The van der Waals surface area contributed by atoms with E-state index in [9.17, 15) is 34.2 Å². The number of carbonyl (C=O) groups is 7. The average Bonchev–Trinajstić information content (AvgIpc) is 0.744. The summed E-state index contributed by atoms with van der Waals surface area (Å²) in [5.74, 6) is -5.36. The second-order valence-corrected chi connectivity index (χ2v) is 34.7. The summed E-state index contributed by atoms with van der Waals surface area (Å²) < 4.78 is 78.9. The molecule has 3 aromatic rings. The van der Waals surface area contributed by atoms with Crippen molar-refractivity contribution in [2.45, 2.75) is 450 Å². The third kappa shape index (κ3) is 49.2. The first-order chi connectivity index (χ1) is 58.4. The van der Waals surface area contributed by atoms with Crippen LogP contribution in [0.1, 0.15) is 394 Å². The Bertz CT molecular complexity index is 3120. The van der Waals surface area contributed by atoms with Crippen molar-refractivity contribution in [1.29, 1.82) is 0 Å². The van der Waals surface area contributed by atoms with Crippen LogP contribution in [0.15, 0.2) is 91.0 Å². The van der Waals surface area contributed by atoms with Crippen LogP contribution in [-0.4, -0.2) is 120 Å². The van der Waals surface area contributed by atoms with Crippen molar-refractivity contribution in [2.75, 3.05) is 13.2 Å². The summed E-state index contributed by atoms with van der Waals surface area (Å²) in [5, 5.41) is 31.4. The number of rotatable bonds is 76. The molecule has 682 valence electrons. The Kier molecular flexibility index (Phi) is 60.0. The molecule has 2 amide bonds. The van der Waals surface area contributed by atoms with Gasteiger partial charge in [0.15, 0.2) is 12.1 Å². The monoisotopic (exact) mass is 1700 g/mol. The minimum absolute atomic E-state index is 0.0214. The van der Waals surface area contributed by atoms with Crippen LogP contribution >= 0.6 is 7.82 Å². The summed E-state index contributed by atoms with van der Waals surface area (Å²) in [7, 11) is -5.21. The standard InChI is InChI=1S/C97H159N2O20P/c1-7-13-19-25-31-34-37-40-51-67-82(112-89(103)70-58-43-28-22-16-10-4)73-87(101)98-85(95(107)110-77-79-61-49-46-50-62-79)78-111-96-97(108,99-88(102)74-83(68-52-41-38-35-32-26-20-14-8-2)113-90(104)71-59-44-29-23-17-11-5)94(93(86(76-100)115-96)119-120(109,117-80-63-54-47-55-64-80)118-81-65-56-48-57-66-81)116-92(106)75-84(69-53-42-39-36-33-27-21-15-9-3)114-91(105)72-60-45-30-24-18-12-6/h46-50,54-57,61-66,82-86,93-94,96,100,108H,7-45,51-53,58-60,67-78H2,1-6H3,(H,98,101)(H,99,102)/t82-,83-,84-,85+,86-,93-,94+,96-,97-/m1/s1. The number of para-hydroxylation sites is 2. The van der Waals surface area contributed by atoms with E-state index >= 15 is 14.2 Å². The molecule has 4 N–H and O–H groups in total. The molecule has 0 aliphatic carbocycles. The van der Waals surface area contributed by atoms with Gasteiger partial charge < -0.3 is 63.1 Å².